The molecular weight excluding hydrogens is 214 g/mol. The van der Waals surface area contributed by atoms with E-state index in [4.69, 9.17) is 11.6 Å². The minimum atomic E-state index is 0.863. The molecular formula is C11H16ClNS. The van der Waals surface area contributed by atoms with E-state index >= 15 is 0 Å². The molecule has 1 aromatic rings. The van der Waals surface area contributed by atoms with Gasteiger partial charge in [-0.25, -0.2) is 0 Å². The van der Waals surface area contributed by atoms with Crippen molar-refractivity contribution >= 4 is 23.4 Å². The standard InChI is InChI=1S/C11H16ClNS/c1-13(2)8-5-9-14-11-7-4-3-6-10(11)12/h3-4,6-7H,5,8-9H2,1-2H3. The van der Waals surface area contributed by atoms with E-state index in [2.05, 4.69) is 25.1 Å². The molecule has 0 atom stereocenters. The van der Waals surface area contributed by atoms with Crippen LogP contribution in [-0.4, -0.2) is 31.3 Å². The van der Waals surface area contributed by atoms with Crippen LogP contribution in [0.25, 0.3) is 0 Å². The van der Waals surface area contributed by atoms with Crippen LogP contribution in [0.1, 0.15) is 6.42 Å². The number of thioether (sulfide) groups is 1. The lowest BCUT2D eigenvalue weighted by atomic mass is 10.4. The van der Waals surface area contributed by atoms with Crippen LogP contribution in [0, 0.1) is 0 Å². The fourth-order valence-electron chi connectivity index (χ4n) is 1.12. The number of hydrogen-bond donors (Lipinski definition) is 0. The van der Waals surface area contributed by atoms with Gasteiger partial charge in [-0.15, -0.1) is 11.8 Å². The summed E-state index contributed by atoms with van der Waals surface area (Å²) in [6.45, 7) is 1.14. The zero-order valence-corrected chi connectivity index (χ0v) is 10.2. The summed E-state index contributed by atoms with van der Waals surface area (Å²) in [5, 5.41) is 0.863. The maximum atomic E-state index is 6.03. The Hall–Kier alpha value is -0.180. The van der Waals surface area contributed by atoms with E-state index in [1.807, 2.05) is 30.0 Å². The van der Waals surface area contributed by atoms with Gasteiger partial charge >= 0.3 is 0 Å². The van der Waals surface area contributed by atoms with Crippen LogP contribution >= 0.6 is 23.4 Å². The van der Waals surface area contributed by atoms with Crippen molar-refractivity contribution in [2.45, 2.75) is 11.3 Å². The van der Waals surface area contributed by atoms with Gasteiger partial charge < -0.3 is 4.90 Å². The molecule has 0 amide bonds. The number of halogens is 1. The van der Waals surface area contributed by atoms with Crippen LogP contribution in [0.3, 0.4) is 0 Å². The van der Waals surface area contributed by atoms with E-state index in [1.165, 1.54) is 11.3 Å². The molecule has 3 heteroatoms. The lowest BCUT2D eigenvalue weighted by Crippen LogP contribution is -2.13. The molecule has 0 saturated heterocycles. The van der Waals surface area contributed by atoms with Crippen molar-refractivity contribution in [2.75, 3.05) is 26.4 Å². The van der Waals surface area contributed by atoms with Crippen LogP contribution in [0.2, 0.25) is 5.02 Å². The number of hydrogen-bond acceptors (Lipinski definition) is 2. The van der Waals surface area contributed by atoms with Crippen molar-refractivity contribution < 1.29 is 0 Å². The Morgan fingerprint density at radius 3 is 2.64 bits per heavy atom. The van der Waals surface area contributed by atoms with Crippen LogP contribution in [0.4, 0.5) is 0 Å². The molecule has 1 aromatic carbocycles. The van der Waals surface area contributed by atoms with Crippen molar-refractivity contribution in [1.82, 2.24) is 4.90 Å². The predicted octanol–water partition coefficient (Wildman–Crippen LogP) is 3.38. The number of rotatable bonds is 5. The van der Waals surface area contributed by atoms with Gasteiger partial charge in [0.2, 0.25) is 0 Å². The Labute approximate surface area is 95.4 Å². The zero-order chi connectivity index (χ0) is 10.4. The highest BCUT2D eigenvalue weighted by Gasteiger charge is 1.99. The fraction of sp³-hybridized carbons (Fsp3) is 0.455. The monoisotopic (exact) mass is 229 g/mol. The molecule has 0 unspecified atom stereocenters. The third kappa shape index (κ3) is 4.36. The molecule has 0 saturated carbocycles. The summed E-state index contributed by atoms with van der Waals surface area (Å²) in [4.78, 5) is 3.39. The van der Waals surface area contributed by atoms with E-state index in [-0.39, 0.29) is 0 Å². The minimum Gasteiger partial charge on any atom is -0.309 e. The van der Waals surface area contributed by atoms with Gasteiger partial charge in [0, 0.05) is 4.90 Å². The Morgan fingerprint density at radius 2 is 2.00 bits per heavy atom. The van der Waals surface area contributed by atoms with E-state index in [0.717, 1.165) is 17.3 Å². The Morgan fingerprint density at radius 1 is 1.29 bits per heavy atom. The first kappa shape index (κ1) is 11.9. The summed E-state index contributed by atoms with van der Waals surface area (Å²) in [6, 6.07) is 8.00. The van der Waals surface area contributed by atoms with Crippen LogP contribution in [0.15, 0.2) is 29.2 Å². The summed E-state index contributed by atoms with van der Waals surface area (Å²) < 4.78 is 0. The van der Waals surface area contributed by atoms with Crippen LogP contribution in [-0.2, 0) is 0 Å². The molecule has 0 radical (unpaired) electrons. The molecule has 14 heavy (non-hydrogen) atoms. The zero-order valence-electron chi connectivity index (χ0n) is 8.66. The van der Waals surface area contributed by atoms with E-state index in [1.54, 1.807) is 0 Å². The largest absolute Gasteiger partial charge is 0.309 e. The third-order valence-corrected chi connectivity index (χ3v) is 3.45. The summed E-state index contributed by atoms with van der Waals surface area (Å²) in [5.41, 5.74) is 0. The molecule has 0 aliphatic heterocycles. The van der Waals surface area contributed by atoms with E-state index < -0.39 is 0 Å². The molecule has 0 bridgehead atoms. The Balaban J connectivity index is 2.28. The first-order chi connectivity index (χ1) is 6.70. The average molecular weight is 230 g/mol. The highest BCUT2D eigenvalue weighted by Crippen LogP contribution is 2.26. The maximum Gasteiger partial charge on any atom is 0.0541 e. The summed E-state index contributed by atoms with van der Waals surface area (Å²) in [7, 11) is 4.19. The van der Waals surface area contributed by atoms with Crippen molar-refractivity contribution in [3.8, 4) is 0 Å². The van der Waals surface area contributed by atoms with Crippen molar-refractivity contribution in [3.05, 3.63) is 29.3 Å². The molecule has 1 rings (SSSR count). The fourth-order valence-corrected chi connectivity index (χ4v) is 2.30. The minimum absolute atomic E-state index is 0.863. The second kappa shape index (κ2) is 6.33. The average Bonchev–Trinajstić information content (AvgIpc) is 2.15. The highest BCUT2D eigenvalue weighted by molar-refractivity contribution is 7.99. The van der Waals surface area contributed by atoms with Gasteiger partial charge in [0.05, 0.1) is 5.02 Å². The lowest BCUT2D eigenvalue weighted by Gasteiger charge is -2.08. The van der Waals surface area contributed by atoms with Gasteiger partial charge in [-0.05, 0) is 44.9 Å². The van der Waals surface area contributed by atoms with Crippen LogP contribution in [0.5, 0.6) is 0 Å². The summed E-state index contributed by atoms with van der Waals surface area (Å²) >= 11 is 7.86. The molecule has 0 aliphatic carbocycles. The first-order valence-electron chi connectivity index (χ1n) is 4.72. The SMILES string of the molecule is CN(C)CCCSc1ccccc1Cl. The predicted molar refractivity (Wildman–Crippen MR) is 65.3 cm³/mol. The van der Waals surface area contributed by atoms with E-state index in [9.17, 15) is 0 Å². The Bertz CT molecular complexity index is 276. The molecule has 1 nitrogen and oxygen atoms in total. The molecule has 0 heterocycles. The van der Waals surface area contributed by atoms with Gasteiger partial charge in [-0.3, -0.25) is 0 Å². The van der Waals surface area contributed by atoms with Crippen molar-refractivity contribution in [2.24, 2.45) is 0 Å². The summed E-state index contributed by atoms with van der Waals surface area (Å²) in [5.74, 6) is 1.13. The molecule has 0 aliphatic rings. The number of nitrogens with zero attached hydrogens (tertiary/aromatic N) is 1. The maximum absolute atomic E-state index is 6.03. The summed E-state index contributed by atoms with van der Waals surface area (Å²) in [6.07, 6.45) is 1.20. The quantitative estimate of drug-likeness (QED) is 0.563. The second-order valence-electron chi connectivity index (χ2n) is 3.44. The van der Waals surface area contributed by atoms with E-state index in [0.29, 0.717) is 0 Å². The lowest BCUT2D eigenvalue weighted by molar-refractivity contribution is 0.410. The molecule has 0 spiro atoms. The number of benzene rings is 1. The molecule has 0 N–H and O–H groups in total. The van der Waals surface area contributed by atoms with Crippen LogP contribution < -0.4 is 0 Å². The second-order valence-corrected chi connectivity index (χ2v) is 4.98. The normalized spacial score (nSPS) is 10.9. The van der Waals surface area contributed by atoms with Gasteiger partial charge in [0.25, 0.3) is 0 Å². The molecule has 78 valence electrons. The van der Waals surface area contributed by atoms with Crippen molar-refractivity contribution in [1.29, 1.82) is 0 Å². The van der Waals surface area contributed by atoms with Gasteiger partial charge in [-0.1, -0.05) is 23.7 Å². The Kier molecular flexibility index (Phi) is 5.38. The van der Waals surface area contributed by atoms with Crippen molar-refractivity contribution in [3.63, 3.8) is 0 Å². The topological polar surface area (TPSA) is 3.24 Å². The smallest absolute Gasteiger partial charge is 0.0541 e. The molecule has 0 fully saturated rings. The van der Waals surface area contributed by atoms with Gasteiger partial charge in [0.1, 0.15) is 0 Å². The third-order valence-electron chi connectivity index (χ3n) is 1.84. The highest BCUT2D eigenvalue weighted by atomic mass is 35.5. The van der Waals surface area contributed by atoms with Gasteiger partial charge in [-0.2, -0.15) is 0 Å². The molecule has 0 aromatic heterocycles. The van der Waals surface area contributed by atoms with Gasteiger partial charge in [0.15, 0.2) is 0 Å². The first-order valence-corrected chi connectivity index (χ1v) is 6.08.